The molecule has 1 nitrogen and oxygen atoms in total. The topological polar surface area (TPSA) is 12.0 Å². The van der Waals surface area contributed by atoms with Gasteiger partial charge in [0.15, 0.2) is 0 Å². The first kappa shape index (κ1) is 13.0. The van der Waals surface area contributed by atoms with Crippen LogP contribution in [0.25, 0.3) is 0 Å². The number of benzene rings is 1. The first-order valence-electron chi connectivity index (χ1n) is 4.80. The fourth-order valence-corrected chi connectivity index (χ4v) is 2.53. The van der Waals surface area contributed by atoms with Gasteiger partial charge in [0.25, 0.3) is 0 Å². The molecule has 0 aliphatic heterocycles. The SMILES string of the molecule is C#CCC(NCC)c1cc(Br)ccc1I. The van der Waals surface area contributed by atoms with Crippen molar-refractivity contribution >= 4 is 38.5 Å². The van der Waals surface area contributed by atoms with Gasteiger partial charge in [0.05, 0.1) is 0 Å². The van der Waals surface area contributed by atoms with Crippen molar-refractivity contribution in [2.75, 3.05) is 6.54 Å². The van der Waals surface area contributed by atoms with Crippen LogP contribution in [0.4, 0.5) is 0 Å². The summed E-state index contributed by atoms with van der Waals surface area (Å²) in [6.07, 6.45) is 6.10. The minimum Gasteiger partial charge on any atom is -0.309 e. The van der Waals surface area contributed by atoms with E-state index in [0.29, 0.717) is 0 Å². The molecule has 1 N–H and O–H groups in total. The second-order valence-corrected chi connectivity index (χ2v) is 5.26. The first-order chi connectivity index (χ1) is 7.19. The highest BCUT2D eigenvalue weighted by Gasteiger charge is 2.12. The molecule has 3 heteroatoms. The van der Waals surface area contributed by atoms with Crippen LogP contribution in [0.15, 0.2) is 22.7 Å². The molecule has 0 amide bonds. The Morgan fingerprint density at radius 2 is 2.33 bits per heavy atom. The maximum absolute atomic E-state index is 5.38. The van der Waals surface area contributed by atoms with Gasteiger partial charge >= 0.3 is 0 Å². The van der Waals surface area contributed by atoms with Crippen LogP contribution in [0, 0.1) is 15.9 Å². The minimum atomic E-state index is 0.254. The summed E-state index contributed by atoms with van der Waals surface area (Å²) in [5.74, 6) is 2.72. The van der Waals surface area contributed by atoms with E-state index in [1.165, 1.54) is 9.13 Å². The van der Waals surface area contributed by atoms with Gasteiger partial charge in [-0.2, -0.15) is 0 Å². The van der Waals surface area contributed by atoms with E-state index in [9.17, 15) is 0 Å². The highest BCUT2D eigenvalue weighted by molar-refractivity contribution is 14.1. The quantitative estimate of drug-likeness (QED) is 0.622. The summed E-state index contributed by atoms with van der Waals surface area (Å²) in [6.45, 7) is 3.02. The monoisotopic (exact) mass is 377 g/mol. The molecule has 1 atom stereocenters. The first-order valence-corrected chi connectivity index (χ1v) is 6.68. The fourth-order valence-electron chi connectivity index (χ4n) is 1.44. The number of nitrogens with one attached hydrogen (secondary N) is 1. The third-order valence-corrected chi connectivity index (χ3v) is 3.58. The molecule has 0 saturated carbocycles. The molecule has 0 radical (unpaired) electrons. The average Bonchev–Trinajstić information content (AvgIpc) is 2.21. The Hall–Kier alpha value is -0.0500. The van der Waals surface area contributed by atoms with Crippen molar-refractivity contribution < 1.29 is 0 Å². The number of hydrogen-bond acceptors (Lipinski definition) is 1. The molecular weight excluding hydrogens is 365 g/mol. The van der Waals surface area contributed by atoms with E-state index >= 15 is 0 Å². The molecule has 1 rings (SSSR count). The van der Waals surface area contributed by atoms with Crippen LogP contribution in [-0.2, 0) is 0 Å². The number of rotatable bonds is 4. The third kappa shape index (κ3) is 3.78. The fraction of sp³-hybridized carbons (Fsp3) is 0.333. The van der Waals surface area contributed by atoms with E-state index in [0.717, 1.165) is 17.4 Å². The van der Waals surface area contributed by atoms with Crippen molar-refractivity contribution in [3.63, 3.8) is 0 Å². The standard InChI is InChI=1S/C12H13BrIN/c1-3-5-12(15-4-2)10-8-9(13)6-7-11(10)14/h1,6-8,12,15H,4-5H2,2H3. The van der Waals surface area contributed by atoms with Gasteiger partial charge in [-0.1, -0.05) is 22.9 Å². The van der Waals surface area contributed by atoms with E-state index in [1.807, 2.05) is 6.07 Å². The van der Waals surface area contributed by atoms with Gasteiger partial charge in [0.1, 0.15) is 0 Å². The van der Waals surface area contributed by atoms with Crippen LogP contribution in [0.3, 0.4) is 0 Å². The van der Waals surface area contributed by atoms with Crippen molar-refractivity contribution in [1.29, 1.82) is 0 Å². The zero-order valence-electron chi connectivity index (χ0n) is 8.56. The van der Waals surface area contributed by atoms with Crippen LogP contribution in [0.5, 0.6) is 0 Å². The lowest BCUT2D eigenvalue weighted by Gasteiger charge is -2.17. The Bertz CT molecular complexity index is 370. The van der Waals surface area contributed by atoms with Gasteiger partial charge in [0, 0.05) is 20.5 Å². The zero-order chi connectivity index (χ0) is 11.3. The largest absolute Gasteiger partial charge is 0.309 e. The molecule has 0 aliphatic carbocycles. The number of terminal acetylenes is 1. The van der Waals surface area contributed by atoms with E-state index in [1.54, 1.807) is 0 Å². The second-order valence-electron chi connectivity index (χ2n) is 3.18. The molecule has 0 spiro atoms. The third-order valence-electron chi connectivity index (χ3n) is 2.11. The highest BCUT2D eigenvalue weighted by atomic mass is 127. The Labute approximate surface area is 113 Å². The molecule has 0 bridgehead atoms. The molecule has 0 saturated heterocycles. The summed E-state index contributed by atoms with van der Waals surface area (Å²) < 4.78 is 2.34. The predicted molar refractivity (Wildman–Crippen MR) is 76.7 cm³/mol. The van der Waals surface area contributed by atoms with Gasteiger partial charge in [-0.25, -0.2) is 0 Å². The number of halogens is 2. The van der Waals surface area contributed by atoms with E-state index in [-0.39, 0.29) is 6.04 Å². The summed E-state index contributed by atoms with van der Waals surface area (Å²) in [7, 11) is 0. The van der Waals surface area contributed by atoms with Crippen molar-refractivity contribution in [2.45, 2.75) is 19.4 Å². The van der Waals surface area contributed by atoms with Gasteiger partial charge in [-0.05, 0) is 52.9 Å². The lowest BCUT2D eigenvalue weighted by atomic mass is 10.0. The number of hydrogen-bond donors (Lipinski definition) is 1. The molecule has 1 aromatic rings. The predicted octanol–water partition coefficient (Wildman–Crippen LogP) is 3.73. The average molecular weight is 378 g/mol. The lowest BCUT2D eigenvalue weighted by Crippen LogP contribution is -2.21. The molecular formula is C12H13BrIN. The van der Waals surface area contributed by atoms with Gasteiger partial charge < -0.3 is 5.32 Å². The normalized spacial score (nSPS) is 12.1. The van der Waals surface area contributed by atoms with Crippen molar-refractivity contribution in [3.05, 3.63) is 31.8 Å². The van der Waals surface area contributed by atoms with Crippen LogP contribution < -0.4 is 5.32 Å². The summed E-state index contributed by atoms with van der Waals surface area (Å²) in [5.41, 5.74) is 1.27. The second kappa shape index (κ2) is 6.51. The molecule has 0 aromatic heterocycles. The van der Waals surface area contributed by atoms with E-state index in [2.05, 4.69) is 68.8 Å². The van der Waals surface area contributed by atoms with Crippen molar-refractivity contribution in [3.8, 4) is 12.3 Å². The van der Waals surface area contributed by atoms with Crippen LogP contribution in [0.1, 0.15) is 24.9 Å². The van der Waals surface area contributed by atoms with Gasteiger partial charge in [-0.3, -0.25) is 0 Å². The summed E-state index contributed by atoms with van der Waals surface area (Å²) in [4.78, 5) is 0. The van der Waals surface area contributed by atoms with Gasteiger partial charge in [-0.15, -0.1) is 12.3 Å². The summed E-state index contributed by atoms with van der Waals surface area (Å²) in [6, 6.07) is 6.53. The highest BCUT2D eigenvalue weighted by Crippen LogP contribution is 2.25. The van der Waals surface area contributed by atoms with Gasteiger partial charge in [0.2, 0.25) is 0 Å². The Balaban J connectivity index is 2.99. The van der Waals surface area contributed by atoms with E-state index in [4.69, 9.17) is 6.42 Å². The van der Waals surface area contributed by atoms with Crippen LogP contribution in [-0.4, -0.2) is 6.54 Å². The minimum absolute atomic E-state index is 0.254. The van der Waals surface area contributed by atoms with Crippen molar-refractivity contribution in [1.82, 2.24) is 5.32 Å². The maximum Gasteiger partial charge on any atom is 0.0441 e. The molecule has 0 aliphatic rings. The molecule has 80 valence electrons. The smallest absolute Gasteiger partial charge is 0.0441 e. The summed E-state index contributed by atoms with van der Waals surface area (Å²) in [5, 5.41) is 3.40. The zero-order valence-corrected chi connectivity index (χ0v) is 12.3. The van der Waals surface area contributed by atoms with E-state index < -0.39 is 0 Å². The lowest BCUT2D eigenvalue weighted by molar-refractivity contribution is 0.563. The van der Waals surface area contributed by atoms with Crippen molar-refractivity contribution in [2.24, 2.45) is 0 Å². The molecule has 0 fully saturated rings. The van der Waals surface area contributed by atoms with Crippen LogP contribution in [0.2, 0.25) is 0 Å². The Morgan fingerprint density at radius 1 is 1.60 bits per heavy atom. The van der Waals surface area contributed by atoms with Crippen LogP contribution >= 0.6 is 38.5 Å². The Morgan fingerprint density at radius 3 is 2.93 bits per heavy atom. The molecule has 15 heavy (non-hydrogen) atoms. The maximum atomic E-state index is 5.38. The molecule has 1 aromatic carbocycles. The molecule has 1 unspecified atom stereocenters. The molecule has 0 heterocycles. The Kier molecular flexibility index (Phi) is 5.65. The summed E-state index contributed by atoms with van der Waals surface area (Å²) >= 11 is 5.83.